The van der Waals surface area contributed by atoms with E-state index in [0.717, 1.165) is 24.2 Å². The normalized spacial score (nSPS) is 26.7. The topological polar surface area (TPSA) is 45.2 Å². The van der Waals surface area contributed by atoms with Crippen molar-refractivity contribution < 1.29 is 5.11 Å². The third-order valence-electron chi connectivity index (χ3n) is 2.86. The molecule has 1 saturated heterocycles. The lowest BCUT2D eigenvalue weighted by molar-refractivity contribution is 0.0616. The second-order valence-electron chi connectivity index (χ2n) is 4.08. The molecule has 2 N–H and O–H groups in total. The molecule has 14 heavy (non-hydrogen) atoms. The molecule has 0 aliphatic carbocycles. The molecular formula is C11H16N2O. The molecule has 2 rings (SSSR count). The molecule has 0 amide bonds. The van der Waals surface area contributed by atoms with Crippen LogP contribution in [-0.4, -0.2) is 28.8 Å². The van der Waals surface area contributed by atoms with Crippen LogP contribution in [0.3, 0.4) is 0 Å². The zero-order valence-corrected chi connectivity index (χ0v) is 8.45. The highest BCUT2D eigenvalue weighted by Gasteiger charge is 2.31. The lowest BCUT2D eigenvalue weighted by Gasteiger charge is -2.21. The monoisotopic (exact) mass is 192 g/mol. The van der Waals surface area contributed by atoms with Gasteiger partial charge in [-0.05, 0) is 31.5 Å². The van der Waals surface area contributed by atoms with Crippen molar-refractivity contribution in [3.63, 3.8) is 0 Å². The highest BCUT2D eigenvalue weighted by Crippen LogP contribution is 2.21. The van der Waals surface area contributed by atoms with Crippen LogP contribution in [0.4, 0.5) is 0 Å². The lowest BCUT2D eigenvalue weighted by Crippen LogP contribution is -2.34. The van der Waals surface area contributed by atoms with Gasteiger partial charge < -0.3 is 10.4 Å². The molecule has 3 heteroatoms. The Kier molecular flexibility index (Phi) is 2.52. The highest BCUT2D eigenvalue weighted by molar-refractivity contribution is 5.21. The summed E-state index contributed by atoms with van der Waals surface area (Å²) < 4.78 is 0. The molecule has 1 aliphatic rings. The van der Waals surface area contributed by atoms with Gasteiger partial charge in [0.1, 0.15) is 0 Å². The average Bonchev–Trinajstić information content (AvgIpc) is 2.57. The minimum atomic E-state index is -0.562. The smallest absolute Gasteiger partial charge is 0.0824 e. The average molecular weight is 192 g/mol. The van der Waals surface area contributed by atoms with Gasteiger partial charge >= 0.3 is 0 Å². The maximum absolute atomic E-state index is 10.2. The Morgan fingerprint density at radius 2 is 2.50 bits per heavy atom. The van der Waals surface area contributed by atoms with Gasteiger partial charge in [0.05, 0.1) is 5.60 Å². The summed E-state index contributed by atoms with van der Waals surface area (Å²) in [6, 6.07) is 3.96. The number of aryl methyl sites for hydroxylation is 1. The van der Waals surface area contributed by atoms with E-state index in [1.807, 2.05) is 19.1 Å². The van der Waals surface area contributed by atoms with E-state index >= 15 is 0 Å². The molecule has 1 unspecified atom stereocenters. The van der Waals surface area contributed by atoms with Crippen molar-refractivity contribution in [3.05, 3.63) is 29.6 Å². The molecule has 0 spiro atoms. The van der Waals surface area contributed by atoms with Crippen LogP contribution < -0.4 is 5.32 Å². The van der Waals surface area contributed by atoms with Gasteiger partial charge in [-0.3, -0.25) is 4.98 Å². The van der Waals surface area contributed by atoms with E-state index in [1.165, 1.54) is 0 Å². The fraction of sp³-hybridized carbons (Fsp3) is 0.545. The zero-order valence-electron chi connectivity index (χ0n) is 8.45. The predicted molar refractivity (Wildman–Crippen MR) is 55.1 cm³/mol. The zero-order chi connectivity index (χ0) is 10.0. The Morgan fingerprint density at radius 3 is 3.14 bits per heavy atom. The summed E-state index contributed by atoms with van der Waals surface area (Å²) in [5.74, 6) is 0. The number of hydrogen-bond acceptors (Lipinski definition) is 3. The highest BCUT2D eigenvalue weighted by atomic mass is 16.3. The molecule has 1 aliphatic heterocycles. The minimum absolute atomic E-state index is 0.562. The van der Waals surface area contributed by atoms with Gasteiger partial charge in [0, 0.05) is 24.9 Å². The van der Waals surface area contributed by atoms with E-state index in [1.54, 1.807) is 6.20 Å². The fourth-order valence-corrected chi connectivity index (χ4v) is 1.94. The quantitative estimate of drug-likeness (QED) is 0.723. The first-order valence-electron chi connectivity index (χ1n) is 5.03. The van der Waals surface area contributed by atoms with E-state index in [-0.39, 0.29) is 0 Å². The summed E-state index contributed by atoms with van der Waals surface area (Å²) in [5.41, 5.74) is 1.61. The molecule has 76 valence electrons. The number of nitrogens with zero attached hydrogens (tertiary/aromatic N) is 1. The number of aliphatic hydroxyl groups is 1. The first-order chi connectivity index (χ1) is 6.70. The van der Waals surface area contributed by atoms with Crippen LogP contribution in [0.1, 0.15) is 17.7 Å². The molecule has 2 heterocycles. The molecule has 1 fully saturated rings. The van der Waals surface area contributed by atoms with Crippen LogP contribution >= 0.6 is 0 Å². The third-order valence-corrected chi connectivity index (χ3v) is 2.86. The second kappa shape index (κ2) is 3.67. The molecule has 3 nitrogen and oxygen atoms in total. The third kappa shape index (κ3) is 1.94. The van der Waals surface area contributed by atoms with Crippen LogP contribution in [0.2, 0.25) is 0 Å². The van der Waals surface area contributed by atoms with Gasteiger partial charge in [0.2, 0.25) is 0 Å². The van der Waals surface area contributed by atoms with Crippen molar-refractivity contribution in [2.45, 2.75) is 25.4 Å². The summed E-state index contributed by atoms with van der Waals surface area (Å²) in [4.78, 5) is 4.22. The van der Waals surface area contributed by atoms with E-state index in [2.05, 4.69) is 10.3 Å². The fourth-order valence-electron chi connectivity index (χ4n) is 1.94. The minimum Gasteiger partial charge on any atom is -0.388 e. The van der Waals surface area contributed by atoms with Gasteiger partial charge in [0.15, 0.2) is 0 Å². The first kappa shape index (κ1) is 9.62. The molecule has 0 bridgehead atoms. The molecule has 1 aromatic rings. The van der Waals surface area contributed by atoms with E-state index in [4.69, 9.17) is 0 Å². The molecule has 0 saturated carbocycles. The van der Waals surface area contributed by atoms with Crippen molar-refractivity contribution >= 4 is 0 Å². The Balaban J connectivity index is 2.14. The van der Waals surface area contributed by atoms with Crippen LogP contribution in [0.15, 0.2) is 18.3 Å². The molecular weight excluding hydrogens is 176 g/mol. The number of hydrogen-bond donors (Lipinski definition) is 2. The maximum Gasteiger partial charge on any atom is 0.0824 e. The Morgan fingerprint density at radius 1 is 1.64 bits per heavy atom. The SMILES string of the molecule is Cc1ncccc1CC1(O)CCNC1. The van der Waals surface area contributed by atoms with Crippen LogP contribution in [0.5, 0.6) is 0 Å². The number of pyridine rings is 1. The van der Waals surface area contributed by atoms with Gasteiger partial charge in [-0.15, -0.1) is 0 Å². The molecule has 0 radical (unpaired) electrons. The summed E-state index contributed by atoms with van der Waals surface area (Å²) in [6.45, 7) is 3.60. The maximum atomic E-state index is 10.2. The molecule has 1 atom stereocenters. The van der Waals surface area contributed by atoms with E-state index in [0.29, 0.717) is 13.0 Å². The van der Waals surface area contributed by atoms with Crippen molar-refractivity contribution in [2.75, 3.05) is 13.1 Å². The van der Waals surface area contributed by atoms with Gasteiger partial charge in [0.25, 0.3) is 0 Å². The number of β-amino-alcohol motifs (C(OH)–C–C–N with tert-alkyl or cyclic N) is 1. The Bertz CT molecular complexity index is 319. The Labute approximate surface area is 84.2 Å². The molecule has 1 aromatic heterocycles. The van der Waals surface area contributed by atoms with Crippen LogP contribution in [-0.2, 0) is 6.42 Å². The molecule has 0 aromatic carbocycles. The van der Waals surface area contributed by atoms with E-state index < -0.39 is 5.60 Å². The summed E-state index contributed by atoms with van der Waals surface area (Å²) in [5, 5.41) is 13.4. The van der Waals surface area contributed by atoms with Crippen molar-refractivity contribution in [1.82, 2.24) is 10.3 Å². The van der Waals surface area contributed by atoms with Crippen molar-refractivity contribution in [1.29, 1.82) is 0 Å². The first-order valence-corrected chi connectivity index (χ1v) is 5.03. The van der Waals surface area contributed by atoms with E-state index in [9.17, 15) is 5.11 Å². The van der Waals surface area contributed by atoms with Gasteiger partial charge in [-0.2, -0.15) is 0 Å². The Hall–Kier alpha value is -0.930. The largest absolute Gasteiger partial charge is 0.388 e. The number of rotatable bonds is 2. The lowest BCUT2D eigenvalue weighted by atomic mass is 9.93. The number of aromatic nitrogens is 1. The second-order valence-corrected chi connectivity index (χ2v) is 4.08. The standard InChI is InChI=1S/C11H16N2O/c1-9-10(3-2-5-13-9)7-11(14)4-6-12-8-11/h2-3,5,12,14H,4,6-8H2,1H3. The number of nitrogens with one attached hydrogen (secondary N) is 1. The predicted octanol–water partition coefficient (Wildman–Crippen LogP) is 0.657. The van der Waals surface area contributed by atoms with Gasteiger partial charge in [-0.25, -0.2) is 0 Å². The van der Waals surface area contributed by atoms with Gasteiger partial charge in [-0.1, -0.05) is 6.07 Å². The van der Waals surface area contributed by atoms with Crippen LogP contribution in [0, 0.1) is 6.92 Å². The summed E-state index contributed by atoms with van der Waals surface area (Å²) in [7, 11) is 0. The summed E-state index contributed by atoms with van der Waals surface area (Å²) >= 11 is 0. The summed E-state index contributed by atoms with van der Waals surface area (Å²) in [6.07, 6.45) is 3.33. The van der Waals surface area contributed by atoms with Crippen LogP contribution in [0.25, 0.3) is 0 Å². The van der Waals surface area contributed by atoms with Crippen molar-refractivity contribution in [3.8, 4) is 0 Å². The van der Waals surface area contributed by atoms with Crippen molar-refractivity contribution in [2.24, 2.45) is 0 Å².